The Labute approximate surface area is 122 Å². The van der Waals surface area contributed by atoms with Crippen molar-refractivity contribution in [3.63, 3.8) is 0 Å². The Morgan fingerprint density at radius 2 is 1.86 bits per heavy atom. The van der Waals surface area contributed by atoms with Gasteiger partial charge in [0, 0.05) is 11.8 Å². The summed E-state index contributed by atoms with van der Waals surface area (Å²) < 4.78 is 10.5. The number of ketones is 1. The number of esters is 1. The summed E-state index contributed by atoms with van der Waals surface area (Å²) in [6.07, 6.45) is 1.49. The second kappa shape index (κ2) is 6.74. The topological polar surface area (TPSA) is 68.4 Å². The van der Waals surface area contributed by atoms with Gasteiger partial charge in [-0.25, -0.2) is 4.79 Å². The number of benzene rings is 1. The van der Waals surface area contributed by atoms with E-state index in [4.69, 9.17) is 9.47 Å². The van der Waals surface area contributed by atoms with Crippen LogP contribution < -0.4 is 4.74 Å². The number of carbonyl (C=O) groups excluding carboxylic acids is 2. The molecule has 1 aromatic carbocycles. The quantitative estimate of drug-likeness (QED) is 0.504. The molecule has 1 N–H and O–H groups in total. The Bertz CT molecular complexity index is 628. The molecule has 5 heteroatoms. The molecule has 0 amide bonds. The number of aromatic amines is 1. The largest absolute Gasteiger partial charge is 0.490 e. The number of hydrogen-bond donors (Lipinski definition) is 1. The number of aryl methyl sites for hydroxylation is 1. The standard InChI is InChI=1S/C16H17NO4/c1-11-3-5-14(6-4-11)20-7-8-21-16(19)15-9-13(10-17-15)12(2)18/h3-6,9-10,17H,7-8H2,1-2H3. The predicted molar refractivity (Wildman–Crippen MR) is 77.8 cm³/mol. The SMILES string of the molecule is CC(=O)c1c[nH]c(C(=O)OCCOc2ccc(C)cc2)c1. The Balaban J connectivity index is 1.76. The van der Waals surface area contributed by atoms with Crippen molar-refractivity contribution >= 4 is 11.8 Å². The molecule has 0 aliphatic carbocycles. The van der Waals surface area contributed by atoms with E-state index < -0.39 is 5.97 Å². The molecule has 21 heavy (non-hydrogen) atoms. The minimum Gasteiger partial charge on any atom is -0.490 e. The minimum atomic E-state index is -0.505. The first-order valence-corrected chi connectivity index (χ1v) is 6.62. The summed E-state index contributed by atoms with van der Waals surface area (Å²) in [4.78, 5) is 25.6. The van der Waals surface area contributed by atoms with Gasteiger partial charge < -0.3 is 14.5 Å². The molecular weight excluding hydrogens is 270 g/mol. The van der Waals surface area contributed by atoms with E-state index in [9.17, 15) is 9.59 Å². The Kier molecular flexibility index (Phi) is 4.77. The third kappa shape index (κ3) is 4.21. The van der Waals surface area contributed by atoms with Crippen LogP contribution in [0.3, 0.4) is 0 Å². The summed E-state index contributed by atoms with van der Waals surface area (Å²) in [6, 6.07) is 9.10. The average molecular weight is 287 g/mol. The van der Waals surface area contributed by atoms with Gasteiger partial charge in [-0.15, -0.1) is 0 Å². The summed E-state index contributed by atoms with van der Waals surface area (Å²) in [6.45, 7) is 3.85. The highest BCUT2D eigenvalue weighted by Crippen LogP contribution is 2.11. The number of rotatable bonds is 6. The smallest absolute Gasteiger partial charge is 0.354 e. The molecule has 2 aromatic rings. The van der Waals surface area contributed by atoms with Crippen molar-refractivity contribution in [2.75, 3.05) is 13.2 Å². The maximum absolute atomic E-state index is 11.7. The van der Waals surface area contributed by atoms with Crippen LogP contribution in [0.2, 0.25) is 0 Å². The highest BCUT2D eigenvalue weighted by atomic mass is 16.6. The van der Waals surface area contributed by atoms with Gasteiger partial charge in [-0.3, -0.25) is 4.79 Å². The lowest BCUT2D eigenvalue weighted by molar-refractivity contribution is 0.0444. The molecule has 1 heterocycles. The monoisotopic (exact) mass is 287 g/mol. The number of H-pyrrole nitrogens is 1. The van der Waals surface area contributed by atoms with Gasteiger partial charge in [-0.1, -0.05) is 17.7 Å². The van der Waals surface area contributed by atoms with Crippen molar-refractivity contribution in [3.05, 3.63) is 53.3 Å². The molecule has 1 aromatic heterocycles. The van der Waals surface area contributed by atoms with Gasteiger partial charge in [0.1, 0.15) is 24.7 Å². The van der Waals surface area contributed by atoms with E-state index in [-0.39, 0.29) is 24.7 Å². The van der Waals surface area contributed by atoms with Crippen LogP contribution in [0.1, 0.15) is 33.3 Å². The summed E-state index contributed by atoms with van der Waals surface area (Å²) in [7, 11) is 0. The van der Waals surface area contributed by atoms with Crippen molar-refractivity contribution in [1.29, 1.82) is 0 Å². The van der Waals surface area contributed by atoms with Crippen molar-refractivity contribution < 1.29 is 19.1 Å². The first kappa shape index (κ1) is 14.8. The van der Waals surface area contributed by atoms with E-state index in [0.29, 0.717) is 5.56 Å². The average Bonchev–Trinajstić information content (AvgIpc) is 2.95. The predicted octanol–water partition coefficient (Wildman–Crippen LogP) is 2.76. The fourth-order valence-corrected chi connectivity index (χ4v) is 1.72. The molecule has 0 unspecified atom stereocenters. The van der Waals surface area contributed by atoms with Gasteiger partial charge in [0.05, 0.1) is 0 Å². The number of nitrogens with one attached hydrogen (secondary N) is 1. The van der Waals surface area contributed by atoms with Crippen LogP contribution in [-0.4, -0.2) is 30.0 Å². The van der Waals surface area contributed by atoms with E-state index in [2.05, 4.69) is 4.98 Å². The number of hydrogen-bond acceptors (Lipinski definition) is 4. The summed E-state index contributed by atoms with van der Waals surface area (Å²) >= 11 is 0. The fourth-order valence-electron chi connectivity index (χ4n) is 1.72. The van der Waals surface area contributed by atoms with Crippen molar-refractivity contribution in [2.45, 2.75) is 13.8 Å². The second-order valence-electron chi connectivity index (χ2n) is 4.66. The Hall–Kier alpha value is -2.56. The van der Waals surface area contributed by atoms with Crippen LogP contribution >= 0.6 is 0 Å². The molecule has 0 radical (unpaired) electrons. The van der Waals surface area contributed by atoms with Gasteiger partial charge in [0.25, 0.3) is 0 Å². The van der Waals surface area contributed by atoms with Crippen LogP contribution in [0.5, 0.6) is 5.75 Å². The third-order valence-corrected chi connectivity index (χ3v) is 2.92. The Morgan fingerprint density at radius 3 is 2.48 bits per heavy atom. The second-order valence-corrected chi connectivity index (χ2v) is 4.66. The fraction of sp³-hybridized carbons (Fsp3) is 0.250. The van der Waals surface area contributed by atoms with Crippen LogP contribution in [0.15, 0.2) is 36.5 Å². The lowest BCUT2D eigenvalue weighted by Gasteiger charge is -2.07. The lowest BCUT2D eigenvalue weighted by Crippen LogP contribution is -2.12. The molecule has 0 fully saturated rings. The van der Waals surface area contributed by atoms with Crippen molar-refractivity contribution in [3.8, 4) is 5.75 Å². The van der Waals surface area contributed by atoms with Crippen molar-refractivity contribution in [1.82, 2.24) is 4.98 Å². The summed E-state index contributed by atoms with van der Waals surface area (Å²) in [5.74, 6) is 0.124. The summed E-state index contributed by atoms with van der Waals surface area (Å²) in [5.41, 5.74) is 1.87. The molecule has 0 saturated carbocycles. The number of carbonyl (C=O) groups is 2. The maximum Gasteiger partial charge on any atom is 0.354 e. The van der Waals surface area contributed by atoms with Gasteiger partial charge in [0.15, 0.2) is 5.78 Å². The zero-order chi connectivity index (χ0) is 15.2. The van der Waals surface area contributed by atoms with Crippen LogP contribution in [-0.2, 0) is 4.74 Å². The van der Waals surface area contributed by atoms with E-state index in [1.165, 1.54) is 19.2 Å². The first-order chi connectivity index (χ1) is 10.1. The molecule has 0 aliphatic heterocycles. The number of Topliss-reactive ketones (excluding diaryl/α,β-unsaturated/α-hetero) is 1. The molecule has 5 nitrogen and oxygen atoms in total. The molecule has 0 saturated heterocycles. The molecule has 0 atom stereocenters. The number of ether oxygens (including phenoxy) is 2. The van der Waals surface area contributed by atoms with Gasteiger partial charge in [-0.05, 0) is 32.0 Å². The molecular formula is C16H17NO4. The Morgan fingerprint density at radius 1 is 1.14 bits per heavy atom. The molecule has 110 valence electrons. The zero-order valence-electron chi connectivity index (χ0n) is 12.0. The highest BCUT2D eigenvalue weighted by molar-refractivity contribution is 5.97. The van der Waals surface area contributed by atoms with Crippen molar-refractivity contribution in [2.24, 2.45) is 0 Å². The molecule has 0 bridgehead atoms. The van der Waals surface area contributed by atoms with E-state index in [0.717, 1.165) is 11.3 Å². The van der Waals surface area contributed by atoms with Crippen LogP contribution in [0.25, 0.3) is 0 Å². The molecule has 0 aliphatic rings. The first-order valence-electron chi connectivity index (χ1n) is 6.62. The number of aromatic nitrogens is 1. The third-order valence-electron chi connectivity index (χ3n) is 2.92. The minimum absolute atomic E-state index is 0.104. The maximum atomic E-state index is 11.7. The normalized spacial score (nSPS) is 10.2. The van der Waals surface area contributed by atoms with E-state index >= 15 is 0 Å². The molecule has 2 rings (SSSR count). The van der Waals surface area contributed by atoms with Crippen LogP contribution in [0.4, 0.5) is 0 Å². The van der Waals surface area contributed by atoms with E-state index in [1.54, 1.807) is 0 Å². The highest BCUT2D eigenvalue weighted by Gasteiger charge is 2.11. The summed E-state index contributed by atoms with van der Waals surface area (Å²) in [5, 5.41) is 0. The molecule has 0 spiro atoms. The van der Waals surface area contributed by atoms with Gasteiger partial charge >= 0.3 is 5.97 Å². The lowest BCUT2D eigenvalue weighted by atomic mass is 10.2. The van der Waals surface area contributed by atoms with Gasteiger partial charge in [-0.2, -0.15) is 0 Å². The zero-order valence-corrected chi connectivity index (χ0v) is 12.0. The van der Waals surface area contributed by atoms with Crippen LogP contribution in [0, 0.1) is 6.92 Å². The van der Waals surface area contributed by atoms with E-state index in [1.807, 2.05) is 31.2 Å². The van der Waals surface area contributed by atoms with Gasteiger partial charge in [0.2, 0.25) is 0 Å².